The van der Waals surface area contributed by atoms with Crippen LogP contribution in [0.3, 0.4) is 0 Å². The Kier molecular flexibility index (Phi) is 7.03. The summed E-state index contributed by atoms with van der Waals surface area (Å²) in [5, 5.41) is 2.83. The molecule has 0 aliphatic carbocycles. The first-order chi connectivity index (χ1) is 14.4. The van der Waals surface area contributed by atoms with E-state index in [2.05, 4.69) is 21.2 Å². The van der Waals surface area contributed by atoms with Crippen molar-refractivity contribution < 1.29 is 19.1 Å². The quantitative estimate of drug-likeness (QED) is 0.290. The maximum atomic E-state index is 12.3. The van der Waals surface area contributed by atoms with E-state index >= 15 is 0 Å². The monoisotopic (exact) mass is 465 g/mol. The second-order valence-electron chi connectivity index (χ2n) is 6.49. The van der Waals surface area contributed by atoms with Crippen LogP contribution in [0.5, 0.6) is 11.5 Å². The third-order valence-corrected chi connectivity index (χ3v) is 4.73. The third-order valence-electron chi connectivity index (χ3n) is 4.24. The molecule has 0 spiro atoms. The van der Waals surface area contributed by atoms with Crippen LogP contribution in [0, 0.1) is 6.92 Å². The van der Waals surface area contributed by atoms with Crippen LogP contribution in [0.25, 0.3) is 6.08 Å². The molecule has 0 aromatic heterocycles. The summed E-state index contributed by atoms with van der Waals surface area (Å²) in [6, 6.07) is 19.4. The van der Waals surface area contributed by atoms with E-state index < -0.39 is 5.97 Å². The lowest BCUT2D eigenvalue weighted by molar-refractivity contribution is -0.128. The number of hydrogen-bond donors (Lipinski definition) is 1. The Labute approximate surface area is 183 Å². The van der Waals surface area contributed by atoms with Crippen molar-refractivity contribution in [2.24, 2.45) is 0 Å². The van der Waals surface area contributed by atoms with Gasteiger partial charge >= 0.3 is 5.97 Å². The zero-order valence-electron chi connectivity index (χ0n) is 16.5. The molecule has 0 aliphatic heterocycles. The van der Waals surface area contributed by atoms with E-state index in [1.54, 1.807) is 43.5 Å². The molecule has 0 unspecified atom stereocenters. The third kappa shape index (κ3) is 5.81. The standard InChI is InChI=1S/C24H20BrNO4/c1-16-3-9-20(10-4-16)26-24(28)17-5-11-21(12-6-17)30-23(27)14-7-18-15-19(25)8-13-22(18)29-2/h3-15H,1-2H3,(H,26,28)/b14-7+. The van der Waals surface area contributed by atoms with Crippen LogP contribution in [0.15, 0.2) is 77.3 Å². The maximum Gasteiger partial charge on any atom is 0.336 e. The van der Waals surface area contributed by atoms with Crippen molar-refractivity contribution in [3.8, 4) is 11.5 Å². The molecular formula is C24H20BrNO4. The number of benzene rings is 3. The highest BCUT2D eigenvalue weighted by molar-refractivity contribution is 9.10. The number of hydrogen-bond acceptors (Lipinski definition) is 4. The number of methoxy groups -OCH3 is 1. The molecule has 0 radical (unpaired) electrons. The van der Waals surface area contributed by atoms with Gasteiger partial charge in [0, 0.05) is 27.4 Å². The summed E-state index contributed by atoms with van der Waals surface area (Å²) in [6.45, 7) is 1.98. The average molecular weight is 466 g/mol. The van der Waals surface area contributed by atoms with E-state index in [0.717, 1.165) is 15.6 Å². The first-order valence-electron chi connectivity index (χ1n) is 9.16. The van der Waals surface area contributed by atoms with Gasteiger partial charge < -0.3 is 14.8 Å². The number of nitrogens with one attached hydrogen (secondary N) is 1. The SMILES string of the molecule is COc1ccc(Br)cc1/C=C/C(=O)Oc1ccc(C(=O)Nc2ccc(C)cc2)cc1. The molecule has 152 valence electrons. The Balaban J connectivity index is 1.61. The largest absolute Gasteiger partial charge is 0.496 e. The van der Waals surface area contributed by atoms with Crippen molar-refractivity contribution in [2.45, 2.75) is 6.92 Å². The van der Waals surface area contributed by atoms with Gasteiger partial charge in [-0.2, -0.15) is 0 Å². The van der Waals surface area contributed by atoms with E-state index in [9.17, 15) is 9.59 Å². The molecule has 3 rings (SSSR count). The van der Waals surface area contributed by atoms with E-state index in [4.69, 9.17) is 9.47 Å². The zero-order valence-corrected chi connectivity index (χ0v) is 18.1. The van der Waals surface area contributed by atoms with Crippen LogP contribution < -0.4 is 14.8 Å². The highest BCUT2D eigenvalue weighted by Crippen LogP contribution is 2.24. The lowest BCUT2D eigenvalue weighted by Crippen LogP contribution is -2.12. The number of carbonyl (C=O) groups is 2. The van der Waals surface area contributed by atoms with E-state index in [1.807, 2.05) is 43.3 Å². The number of rotatable bonds is 6. The van der Waals surface area contributed by atoms with Gasteiger partial charge in [0.2, 0.25) is 0 Å². The molecule has 3 aromatic rings. The molecule has 0 aliphatic rings. The minimum Gasteiger partial charge on any atom is -0.496 e. The fraction of sp³-hybridized carbons (Fsp3) is 0.0833. The molecule has 30 heavy (non-hydrogen) atoms. The van der Waals surface area contributed by atoms with Gasteiger partial charge in [-0.05, 0) is 67.6 Å². The van der Waals surface area contributed by atoms with E-state index in [-0.39, 0.29) is 5.91 Å². The summed E-state index contributed by atoms with van der Waals surface area (Å²) in [5.74, 6) is 0.219. The Bertz CT molecular complexity index is 1070. The molecule has 3 aromatic carbocycles. The van der Waals surface area contributed by atoms with Gasteiger partial charge in [-0.25, -0.2) is 4.79 Å². The Morgan fingerprint density at radius 1 is 0.967 bits per heavy atom. The number of carbonyl (C=O) groups excluding carboxylic acids is 2. The smallest absolute Gasteiger partial charge is 0.336 e. The number of esters is 1. The Morgan fingerprint density at radius 2 is 1.67 bits per heavy atom. The molecule has 6 heteroatoms. The second-order valence-corrected chi connectivity index (χ2v) is 7.40. The number of amides is 1. The van der Waals surface area contributed by atoms with Crippen LogP contribution in [0.1, 0.15) is 21.5 Å². The van der Waals surface area contributed by atoms with Gasteiger partial charge in [0.1, 0.15) is 11.5 Å². The van der Waals surface area contributed by atoms with E-state index in [0.29, 0.717) is 22.7 Å². The summed E-state index contributed by atoms with van der Waals surface area (Å²) < 4.78 is 11.4. The summed E-state index contributed by atoms with van der Waals surface area (Å²) >= 11 is 3.39. The summed E-state index contributed by atoms with van der Waals surface area (Å²) in [7, 11) is 1.56. The highest BCUT2D eigenvalue weighted by Gasteiger charge is 2.08. The molecule has 0 saturated heterocycles. The van der Waals surface area contributed by atoms with Crippen LogP contribution in [0.2, 0.25) is 0 Å². The lowest BCUT2D eigenvalue weighted by Gasteiger charge is -2.07. The van der Waals surface area contributed by atoms with Gasteiger partial charge in [0.05, 0.1) is 7.11 Å². The number of aryl methyl sites for hydroxylation is 1. The van der Waals surface area contributed by atoms with Crippen molar-refractivity contribution in [1.82, 2.24) is 0 Å². The van der Waals surface area contributed by atoms with Crippen molar-refractivity contribution in [1.29, 1.82) is 0 Å². The van der Waals surface area contributed by atoms with Crippen LogP contribution >= 0.6 is 15.9 Å². The van der Waals surface area contributed by atoms with Crippen LogP contribution in [-0.4, -0.2) is 19.0 Å². The molecule has 1 amide bonds. The summed E-state index contributed by atoms with van der Waals surface area (Å²) in [5.41, 5.74) is 3.04. The molecule has 5 nitrogen and oxygen atoms in total. The summed E-state index contributed by atoms with van der Waals surface area (Å²) in [4.78, 5) is 24.5. The minimum absolute atomic E-state index is 0.238. The predicted molar refractivity (Wildman–Crippen MR) is 121 cm³/mol. The van der Waals surface area contributed by atoms with Crippen molar-refractivity contribution >= 4 is 39.6 Å². The molecular weight excluding hydrogens is 446 g/mol. The summed E-state index contributed by atoms with van der Waals surface area (Å²) in [6.07, 6.45) is 2.94. The first kappa shape index (κ1) is 21.3. The topological polar surface area (TPSA) is 64.6 Å². The number of anilines is 1. The van der Waals surface area contributed by atoms with Gasteiger partial charge in [0.25, 0.3) is 5.91 Å². The fourth-order valence-electron chi connectivity index (χ4n) is 2.66. The Hall–Kier alpha value is -3.38. The minimum atomic E-state index is -0.533. The van der Waals surface area contributed by atoms with Crippen LogP contribution in [0.4, 0.5) is 5.69 Å². The van der Waals surface area contributed by atoms with Crippen molar-refractivity contribution in [3.63, 3.8) is 0 Å². The first-order valence-corrected chi connectivity index (χ1v) is 9.95. The molecule has 0 heterocycles. The maximum absolute atomic E-state index is 12.3. The predicted octanol–water partition coefficient (Wildman–Crippen LogP) is 5.64. The van der Waals surface area contributed by atoms with Gasteiger partial charge in [-0.15, -0.1) is 0 Å². The molecule has 0 saturated carbocycles. The zero-order chi connectivity index (χ0) is 21.5. The average Bonchev–Trinajstić information content (AvgIpc) is 2.74. The van der Waals surface area contributed by atoms with E-state index in [1.165, 1.54) is 6.08 Å². The second kappa shape index (κ2) is 9.89. The van der Waals surface area contributed by atoms with Crippen molar-refractivity contribution in [2.75, 3.05) is 12.4 Å². The lowest BCUT2D eigenvalue weighted by atomic mass is 10.2. The highest BCUT2D eigenvalue weighted by atomic mass is 79.9. The van der Waals surface area contributed by atoms with Gasteiger partial charge in [0.15, 0.2) is 0 Å². The molecule has 0 fully saturated rings. The number of ether oxygens (including phenoxy) is 2. The molecule has 0 atom stereocenters. The Morgan fingerprint density at radius 3 is 2.33 bits per heavy atom. The van der Waals surface area contributed by atoms with Crippen LogP contribution in [-0.2, 0) is 4.79 Å². The number of halogens is 1. The van der Waals surface area contributed by atoms with Gasteiger partial charge in [-0.1, -0.05) is 33.6 Å². The molecule has 1 N–H and O–H groups in total. The normalized spacial score (nSPS) is 10.6. The molecule has 0 bridgehead atoms. The fourth-order valence-corrected chi connectivity index (χ4v) is 3.04. The van der Waals surface area contributed by atoms with Gasteiger partial charge in [-0.3, -0.25) is 4.79 Å². The van der Waals surface area contributed by atoms with Crippen molar-refractivity contribution in [3.05, 3.63) is 94.0 Å².